The van der Waals surface area contributed by atoms with E-state index in [9.17, 15) is 19.2 Å². The van der Waals surface area contributed by atoms with Crippen LogP contribution in [0.4, 0.5) is 0 Å². The van der Waals surface area contributed by atoms with Gasteiger partial charge in [-0.05, 0) is 40.5 Å². The van der Waals surface area contributed by atoms with Crippen LogP contribution in [-0.2, 0) is 19.2 Å². The van der Waals surface area contributed by atoms with Crippen molar-refractivity contribution in [3.63, 3.8) is 0 Å². The molecule has 114 valence electrons. The molecule has 0 fully saturated rings. The highest BCUT2D eigenvalue weighted by molar-refractivity contribution is 5.92. The summed E-state index contributed by atoms with van der Waals surface area (Å²) in [5.74, 6) is -2.28. The number of carbonyl (C=O) groups is 4. The molecule has 0 radical (unpaired) electrons. The molecule has 0 heterocycles. The second kappa shape index (κ2) is 8.08. The van der Waals surface area contributed by atoms with Gasteiger partial charge in [0.1, 0.15) is 23.1 Å². The van der Waals surface area contributed by atoms with E-state index in [1.165, 1.54) is 27.7 Å². The molecule has 0 rings (SSSR count). The fraction of sp³-hybridized carbons (Fsp3) is 0.750. The summed E-state index contributed by atoms with van der Waals surface area (Å²) >= 11 is 0. The molecule has 0 aliphatic heterocycles. The van der Waals surface area contributed by atoms with E-state index < -0.39 is 17.8 Å². The van der Waals surface area contributed by atoms with Gasteiger partial charge in [-0.2, -0.15) is 0 Å². The third kappa shape index (κ3) is 4.99. The van der Waals surface area contributed by atoms with Crippen molar-refractivity contribution in [2.75, 3.05) is 0 Å². The van der Waals surface area contributed by atoms with E-state index in [1.807, 2.05) is 6.92 Å². The van der Waals surface area contributed by atoms with Gasteiger partial charge in [-0.15, -0.1) is 0 Å². The van der Waals surface area contributed by atoms with Gasteiger partial charge in [0, 0.05) is 23.7 Å². The van der Waals surface area contributed by atoms with Crippen LogP contribution in [0.2, 0.25) is 0 Å². The second-order valence-corrected chi connectivity index (χ2v) is 5.70. The summed E-state index contributed by atoms with van der Waals surface area (Å²) in [4.78, 5) is 46.9. The van der Waals surface area contributed by atoms with E-state index in [0.29, 0.717) is 12.8 Å². The molecule has 4 unspecified atom stereocenters. The lowest BCUT2D eigenvalue weighted by molar-refractivity contribution is -0.137. The van der Waals surface area contributed by atoms with Gasteiger partial charge in [0.2, 0.25) is 0 Å². The molecule has 0 aliphatic rings. The van der Waals surface area contributed by atoms with Gasteiger partial charge < -0.3 is 0 Å². The van der Waals surface area contributed by atoms with Crippen LogP contribution < -0.4 is 0 Å². The molecule has 0 aromatic rings. The van der Waals surface area contributed by atoms with Crippen LogP contribution in [-0.4, -0.2) is 23.1 Å². The maximum Gasteiger partial charge on any atom is 0.134 e. The summed E-state index contributed by atoms with van der Waals surface area (Å²) in [7, 11) is 0. The van der Waals surface area contributed by atoms with Gasteiger partial charge in [0.25, 0.3) is 0 Å². The first-order valence-electron chi connectivity index (χ1n) is 7.15. The quantitative estimate of drug-likeness (QED) is 0.652. The molecule has 0 aromatic carbocycles. The Labute approximate surface area is 121 Å². The zero-order chi connectivity index (χ0) is 16.0. The average molecular weight is 282 g/mol. The Hall–Kier alpha value is -1.32. The molecular formula is C16H26O4. The lowest BCUT2D eigenvalue weighted by Crippen LogP contribution is -2.37. The van der Waals surface area contributed by atoms with E-state index in [4.69, 9.17) is 0 Å². The van der Waals surface area contributed by atoms with Crippen LogP contribution in [0.15, 0.2) is 0 Å². The zero-order valence-electron chi connectivity index (χ0n) is 13.4. The summed E-state index contributed by atoms with van der Waals surface area (Å²) < 4.78 is 0. The molecule has 0 bridgehead atoms. The van der Waals surface area contributed by atoms with E-state index in [1.54, 1.807) is 6.92 Å². The molecule has 0 saturated heterocycles. The van der Waals surface area contributed by atoms with Gasteiger partial charge in [0.15, 0.2) is 0 Å². The SMILES string of the molecule is CCC(CC(C(C)=O)C(C(C)=O)C(C)C(C)=O)C(C)=O. The zero-order valence-corrected chi connectivity index (χ0v) is 13.4. The van der Waals surface area contributed by atoms with Crippen LogP contribution >= 0.6 is 0 Å². The molecule has 20 heavy (non-hydrogen) atoms. The van der Waals surface area contributed by atoms with Crippen molar-refractivity contribution in [2.24, 2.45) is 23.7 Å². The average Bonchev–Trinajstić information content (AvgIpc) is 2.31. The third-order valence-corrected chi connectivity index (χ3v) is 4.21. The minimum absolute atomic E-state index is 0.0246. The van der Waals surface area contributed by atoms with Gasteiger partial charge in [-0.1, -0.05) is 13.8 Å². The maximum atomic E-state index is 11.9. The molecule has 0 spiro atoms. The minimum Gasteiger partial charge on any atom is -0.300 e. The van der Waals surface area contributed by atoms with Crippen molar-refractivity contribution in [3.8, 4) is 0 Å². The van der Waals surface area contributed by atoms with Crippen LogP contribution in [0.1, 0.15) is 54.4 Å². The van der Waals surface area contributed by atoms with Crippen LogP contribution in [0.25, 0.3) is 0 Å². The minimum atomic E-state index is -0.626. The van der Waals surface area contributed by atoms with E-state index in [0.717, 1.165) is 0 Å². The van der Waals surface area contributed by atoms with Crippen molar-refractivity contribution < 1.29 is 19.2 Å². The molecule has 4 atom stereocenters. The standard InChI is InChI=1S/C16H26O4/c1-7-14(11(4)18)8-15(12(5)19)16(13(6)20)9(2)10(3)17/h9,14-16H,7-8H2,1-6H3. The molecular weight excluding hydrogens is 256 g/mol. The highest BCUT2D eigenvalue weighted by Crippen LogP contribution is 2.30. The molecule has 0 amide bonds. The summed E-state index contributed by atoms with van der Waals surface area (Å²) in [5.41, 5.74) is 0. The number of ketones is 4. The predicted molar refractivity (Wildman–Crippen MR) is 77.3 cm³/mol. The van der Waals surface area contributed by atoms with E-state index >= 15 is 0 Å². The van der Waals surface area contributed by atoms with Crippen LogP contribution in [0, 0.1) is 23.7 Å². The van der Waals surface area contributed by atoms with E-state index in [2.05, 4.69) is 0 Å². The number of hydrogen-bond acceptors (Lipinski definition) is 4. The number of Topliss-reactive ketones (excluding diaryl/α,β-unsaturated/α-hetero) is 4. The van der Waals surface area contributed by atoms with Crippen molar-refractivity contribution in [1.29, 1.82) is 0 Å². The summed E-state index contributed by atoms with van der Waals surface area (Å²) in [6, 6.07) is 0. The highest BCUT2D eigenvalue weighted by Gasteiger charge is 2.37. The van der Waals surface area contributed by atoms with Crippen molar-refractivity contribution >= 4 is 23.1 Å². The fourth-order valence-electron chi connectivity index (χ4n) is 2.73. The Balaban J connectivity index is 5.40. The molecule has 0 aliphatic carbocycles. The third-order valence-electron chi connectivity index (χ3n) is 4.21. The number of rotatable bonds is 9. The Kier molecular flexibility index (Phi) is 7.54. The monoisotopic (exact) mass is 282 g/mol. The lowest BCUT2D eigenvalue weighted by Gasteiger charge is -2.29. The smallest absolute Gasteiger partial charge is 0.134 e. The van der Waals surface area contributed by atoms with Crippen LogP contribution in [0.3, 0.4) is 0 Å². The van der Waals surface area contributed by atoms with Gasteiger partial charge in [-0.3, -0.25) is 19.2 Å². The van der Waals surface area contributed by atoms with E-state index in [-0.39, 0.29) is 29.1 Å². The first-order valence-corrected chi connectivity index (χ1v) is 7.15. The number of carbonyl (C=O) groups excluding carboxylic acids is 4. The maximum absolute atomic E-state index is 11.9. The Morgan fingerprint density at radius 1 is 0.800 bits per heavy atom. The normalized spacial score (nSPS) is 16.9. The molecule has 0 N–H and O–H groups in total. The molecule has 4 nitrogen and oxygen atoms in total. The summed E-state index contributed by atoms with van der Waals surface area (Å²) in [5, 5.41) is 0. The molecule has 0 saturated carbocycles. The number of hydrogen-bond donors (Lipinski definition) is 0. The Morgan fingerprint density at radius 3 is 1.55 bits per heavy atom. The first-order chi connectivity index (χ1) is 9.13. The topological polar surface area (TPSA) is 68.3 Å². The lowest BCUT2D eigenvalue weighted by atomic mass is 9.72. The molecule has 0 aromatic heterocycles. The second-order valence-electron chi connectivity index (χ2n) is 5.70. The fourth-order valence-corrected chi connectivity index (χ4v) is 2.73. The van der Waals surface area contributed by atoms with Crippen molar-refractivity contribution in [2.45, 2.75) is 54.4 Å². The van der Waals surface area contributed by atoms with Gasteiger partial charge in [-0.25, -0.2) is 0 Å². The predicted octanol–water partition coefficient (Wildman–Crippen LogP) is 2.63. The highest BCUT2D eigenvalue weighted by atomic mass is 16.1. The Bertz CT molecular complexity index is 397. The van der Waals surface area contributed by atoms with Crippen molar-refractivity contribution in [1.82, 2.24) is 0 Å². The first kappa shape index (κ1) is 18.7. The van der Waals surface area contributed by atoms with Gasteiger partial charge in [0.05, 0.1) is 0 Å². The largest absolute Gasteiger partial charge is 0.300 e. The van der Waals surface area contributed by atoms with Crippen LogP contribution in [0.5, 0.6) is 0 Å². The summed E-state index contributed by atoms with van der Waals surface area (Å²) in [6.07, 6.45) is 0.987. The molecule has 4 heteroatoms. The van der Waals surface area contributed by atoms with Crippen molar-refractivity contribution in [3.05, 3.63) is 0 Å². The Morgan fingerprint density at radius 2 is 1.30 bits per heavy atom. The van der Waals surface area contributed by atoms with Gasteiger partial charge >= 0.3 is 0 Å². The summed E-state index contributed by atoms with van der Waals surface area (Å²) in [6.45, 7) is 9.34.